The van der Waals surface area contributed by atoms with Crippen LogP contribution < -0.4 is 0 Å². The van der Waals surface area contributed by atoms with Gasteiger partial charge in [-0.15, -0.1) is 11.3 Å². The van der Waals surface area contributed by atoms with Crippen LogP contribution in [0.1, 0.15) is 0 Å². The fourth-order valence-electron chi connectivity index (χ4n) is 3.98. The Morgan fingerprint density at radius 2 is 1.09 bits per heavy atom. The van der Waals surface area contributed by atoms with Gasteiger partial charge in [-0.1, -0.05) is 101 Å². The standard InChI is InChI=1S/C28H17BrN2S/c29-22-16-14-21(15-17-22)25-26(20-12-10-19(11-13-20)18-6-2-1-3-7-18)31-28-27(30-25)23-8-4-5-9-24(23)32-28/h1-17H. The van der Waals surface area contributed by atoms with Gasteiger partial charge in [0.15, 0.2) is 0 Å². The Hall–Kier alpha value is -3.34. The van der Waals surface area contributed by atoms with Gasteiger partial charge < -0.3 is 0 Å². The summed E-state index contributed by atoms with van der Waals surface area (Å²) in [5, 5.41) is 1.16. The number of fused-ring (bicyclic) bond motifs is 3. The van der Waals surface area contributed by atoms with E-state index >= 15 is 0 Å². The van der Waals surface area contributed by atoms with Crippen molar-refractivity contribution < 1.29 is 0 Å². The van der Waals surface area contributed by atoms with E-state index in [1.807, 2.05) is 6.07 Å². The van der Waals surface area contributed by atoms with E-state index in [2.05, 4.69) is 113 Å². The van der Waals surface area contributed by atoms with Crippen LogP contribution >= 0.6 is 27.3 Å². The molecular weight excluding hydrogens is 476 g/mol. The van der Waals surface area contributed by atoms with Gasteiger partial charge in [-0.05, 0) is 29.3 Å². The lowest BCUT2D eigenvalue weighted by Crippen LogP contribution is -1.94. The van der Waals surface area contributed by atoms with Crippen molar-refractivity contribution in [1.82, 2.24) is 9.97 Å². The molecule has 0 aliphatic carbocycles. The fraction of sp³-hybridized carbons (Fsp3) is 0. The highest BCUT2D eigenvalue weighted by atomic mass is 79.9. The van der Waals surface area contributed by atoms with Crippen LogP contribution in [0.5, 0.6) is 0 Å². The molecule has 0 saturated carbocycles. The molecule has 0 bridgehead atoms. The summed E-state index contributed by atoms with van der Waals surface area (Å²) < 4.78 is 2.26. The quantitative estimate of drug-likeness (QED) is 0.247. The molecule has 2 aromatic heterocycles. The van der Waals surface area contributed by atoms with E-state index in [4.69, 9.17) is 9.97 Å². The van der Waals surface area contributed by atoms with Crippen molar-refractivity contribution >= 4 is 47.7 Å². The predicted octanol–water partition coefficient (Wildman–Crippen LogP) is 8.61. The second-order valence-electron chi connectivity index (χ2n) is 7.62. The Balaban J connectivity index is 1.56. The molecular formula is C28H17BrN2S. The summed E-state index contributed by atoms with van der Waals surface area (Å²) in [5.41, 5.74) is 7.29. The van der Waals surface area contributed by atoms with Crippen molar-refractivity contribution in [2.75, 3.05) is 0 Å². The Kier molecular flexibility index (Phi) is 4.82. The molecule has 4 heteroatoms. The van der Waals surface area contributed by atoms with E-state index in [1.54, 1.807) is 11.3 Å². The van der Waals surface area contributed by atoms with E-state index in [0.29, 0.717) is 0 Å². The molecule has 0 radical (unpaired) electrons. The van der Waals surface area contributed by atoms with Gasteiger partial charge in [-0.25, -0.2) is 9.97 Å². The maximum absolute atomic E-state index is 5.15. The number of halogens is 1. The van der Waals surface area contributed by atoms with Crippen LogP contribution in [0.15, 0.2) is 108 Å². The number of rotatable bonds is 3. The van der Waals surface area contributed by atoms with Crippen LogP contribution in [0, 0.1) is 0 Å². The van der Waals surface area contributed by atoms with Gasteiger partial charge in [-0.3, -0.25) is 0 Å². The highest BCUT2D eigenvalue weighted by Crippen LogP contribution is 2.37. The number of hydrogen-bond acceptors (Lipinski definition) is 3. The first-order chi connectivity index (χ1) is 15.8. The molecule has 2 nitrogen and oxygen atoms in total. The average Bonchev–Trinajstić information content (AvgIpc) is 3.22. The third kappa shape index (κ3) is 3.42. The molecule has 4 aromatic carbocycles. The Morgan fingerprint density at radius 3 is 1.84 bits per heavy atom. The highest BCUT2D eigenvalue weighted by molar-refractivity contribution is 9.10. The van der Waals surface area contributed by atoms with Crippen molar-refractivity contribution in [2.45, 2.75) is 0 Å². The topological polar surface area (TPSA) is 25.8 Å². The van der Waals surface area contributed by atoms with E-state index in [-0.39, 0.29) is 0 Å². The molecule has 0 aliphatic rings. The van der Waals surface area contributed by atoms with E-state index in [9.17, 15) is 0 Å². The highest BCUT2D eigenvalue weighted by Gasteiger charge is 2.16. The van der Waals surface area contributed by atoms with Crippen molar-refractivity contribution in [2.24, 2.45) is 0 Å². The van der Waals surface area contributed by atoms with Gasteiger partial charge in [0, 0.05) is 25.7 Å². The number of hydrogen-bond donors (Lipinski definition) is 0. The molecule has 0 atom stereocenters. The maximum Gasteiger partial charge on any atom is 0.143 e. The first kappa shape index (κ1) is 19.4. The zero-order chi connectivity index (χ0) is 21.5. The summed E-state index contributed by atoms with van der Waals surface area (Å²) >= 11 is 5.24. The predicted molar refractivity (Wildman–Crippen MR) is 139 cm³/mol. The molecule has 2 heterocycles. The fourth-order valence-corrected chi connectivity index (χ4v) is 5.27. The first-order valence-electron chi connectivity index (χ1n) is 10.4. The van der Waals surface area contributed by atoms with Crippen LogP contribution in [-0.2, 0) is 0 Å². The van der Waals surface area contributed by atoms with Crippen molar-refractivity contribution in [3.05, 3.63) is 108 Å². The zero-order valence-electron chi connectivity index (χ0n) is 17.0. The molecule has 0 amide bonds. The largest absolute Gasteiger partial charge is 0.242 e. The van der Waals surface area contributed by atoms with Gasteiger partial charge in [0.05, 0.1) is 11.4 Å². The molecule has 6 rings (SSSR count). The Labute approximate surface area is 198 Å². The van der Waals surface area contributed by atoms with Crippen molar-refractivity contribution in [3.8, 4) is 33.6 Å². The lowest BCUT2D eigenvalue weighted by Gasteiger charge is -2.10. The third-order valence-electron chi connectivity index (χ3n) is 5.60. The molecule has 0 aliphatic heterocycles. The number of thiophene rings is 1. The van der Waals surface area contributed by atoms with Crippen LogP contribution in [-0.4, -0.2) is 9.97 Å². The summed E-state index contributed by atoms with van der Waals surface area (Å²) in [5.74, 6) is 0. The summed E-state index contributed by atoms with van der Waals surface area (Å²) in [6.45, 7) is 0. The summed E-state index contributed by atoms with van der Waals surface area (Å²) in [4.78, 5) is 11.2. The molecule has 0 N–H and O–H groups in total. The van der Waals surface area contributed by atoms with Gasteiger partial charge in [0.25, 0.3) is 0 Å². The van der Waals surface area contributed by atoms with Crippen LogP contribution in [0.2, 0.25) is 0 Å². The van der Waals surface area contributed by atoms with E-state index < -0.39 is 0 Å². The lowest BCUT2D eigenvalue weighted by atomic mass is 10.00. The van der Waals surface area contributed by atoms with Gasteiger partial charge in [0.2, 0.25) is 0 Å². The lowest BCUT2D eigenvalue weighted by molar-refractivity contribution is 1.31. The minimum absolute atomic E-state index is 0.904. The van der Waals surface area contributed by atoms with Crippen LogP contribution in [0.25, 0.3) is 54.1 Å². The number of nitrogens with zero attached hydrogens (tertiary/aromatic N) is 2. The monoisotopic (exact) mass is 492 g/mol. The third-order valence-corrected chi connectivity index (χ3v) is 7.18. The summed E-state index contributed by atoms with van der Waals surface area (Å²) in [6.07, 6.45) is 0. The minimum Gasteiger partial charge on any atom is -0.242 e. The Bertz CT molecular complexity index is 1550. The van der Waals surface area contributed by atoms with Crippen LogP contribution in [0.4, 0.5) is 0 Å². The van der Waals surface area contributed by atoms with E-state index in [0.717, 1.165) is 42.7 Å². The molecule has 152 valence electrons. The van der Waals surface area contributed by atoms with Gasteiger partial charge >= 0.3 is 0 Å². The zero-order valence-corrected chi connectivity index (χ0v) is 19.4. The first-order valence-corrected chi connectivity index (χ1v) is 12.0. The molecule has 6 aromatic rings. The van der Waals surface area contributed by atoms with Crippen molar-refractivity contribution in [1.29, 1.82) is 0 Å². The van der Waals surface area contributed by atoms with E-state index in [1.165, 1.54) is 15.8 Å². The average molecular weight is 493 g/mol. The normalized spacial score (nSPS) is 11.3. The summed E-state index contributed by atoms with van der Waals surface area (Å²) in [6, 6.07) is 35.7. The number of benzene rings is 4. The molecule has 0 fully saturated rings. The molecule has 32 heavy (non-hydrogen) atoms. The van der Waals surface area contributed by atoms with Gasteiger partial charge in [0.1, 0.15) is 10.3 Å². The smallest absolute Gasteiger partial charge is 0.143 e. The van der Waals surface area contributed by atoms with Crippen LogP contribution in [0.3, 0.4) is 0 Å². The van der Waals surface area contributed by atoms with Gasteiger partial charge in [-0.2, -0.15) is 0 Å². The second-order valence-corrected chi connectivity index (χ2v) is 9.57. The Morgan fingerprint density at radius 1 is 0.531 bits per heavy atom. The SMILES string of the molecule is Brc1ccc(-c2nc3c(nc2-c2ccc(-c4ccccc4)cc2)sc2ccccc23)cc1. The molecule has 0 saturated heterocycles. The minimum atomic E-state index is 0.904. The maximum atomic E-state index is 5.15. The number of aromatic nitrogens is 2. The second kappa shape index (κ2) is 7.97. The van der Waals surface area contributed by atoms with Crippen molar-refractivity contribution in [3.63, 3.8) is 0 Å². The summed E-state index contributed by atoms with van der Waals surface area (Å²) in [7, 11) is 0. The molecule has 0 unspecified atom stereocenters. The molecule has 0 spiro atoms.